The summed E-state index contributed by atoms with van der Waals surface area (Å²) in [6.45, 7) is 1.95. The van der Waals surface area contributed by atoms with Crippen LogP contribution in [0, 0.1) is 0 Å². The molecule has 3 rings (SSSR count). The number of benzene rings is 1. The Kier molecular flexibility index (Phi) is 4.10. The van der Waals surface area contributed by atoms with E-state index in [2.05, 4.69) is 11.4 Å². The molecule has 5 heteroatoms. The highest BCUT2D eigenvalue weighted by molar-refractivity contribution is 7.10. The number of amides is 1. The minimum atomic E-state index is 0.155. The van der Waals surface area contributed by atoms with E-state index in [1.165, 1.54) is 10.4 Å². The number of nitrogens with zero attached hydrogens (tertiary/aromatic N) is 1. The lowest BCUT2D eigenvalue weighted by atomic mass is 10.1. The fourth-order valence-electron chi connectivity index (χ4n) is 2.44. The van der Waals surface area contributed by atoms with Crippen LogP contribution in [0.15, 0.2) is 35.7 Å². The third-order valence-corrected chi connectivity index (χ3v) is 4.65. The molecule has 1 aromatic heterocycles. The molecule has 0 bridgehead atoms. The summed E-state index contributed by atoms with van der Waals surface area (Å²) >= 11 is 1.78. The molecule has 2 aromatic rings. The van der Waals surface area contributed by atoms with Gasteiger partial charge in [-0.2, -0.15) is 0 Å². The van der Waals surface area contributed by atoms with Crippen molar-refractivity contribution >= 4 is 22.9 Å². The zero-order valence-electron chi connectivity index (χ0n) is 11.7. The van der Waals surface area contributed by atoms with Gasteiger partial charge in [0.1, 0.15) is 5.75 Å². The summed E-state index contributed by atoms with van der Waals surface area (Å²) < 4.78 is 5.58. The Bertz CT molecular complexity index is 621. The molecule has 0 radical (unpaired) electrons. The van der Waals surface area contributed by atoms with E-state index in [9.17, 15) is 4.79 Å². The van der Waals surface area contributed by atoms with Gasteiger partial charge in [0.05, 0.1) is 13.0 Å². The molecule has 4 nitrogen and oxygen atoms in total. The average Bonchev–Trinajstić information content (AvgIpc) is 2.96. The van der Waals surface area contributed by atoms with Gasteiger partial charge in [0.25, 0.3) is 0 Å². The molecule has 0 saturated carbocycles. The van der Waals surface area contributed by atoms with Gasteiger partial charge in [-0.3, -0.25) is 4.79 Å². The maximum absolute atomic E-state index is 12.2. The first kappa shape index (κ1) is 13.9. The van der Waals surface area contributed by atoms with E-state index in [-0.39, 0.29) is 5.91 Å². The molecule has 0 atom stereocenters. The molecule has 1 aliphatic rings. The molecule has 1 aromatic carbocycles. The van der Waals surface area contributed by atoms with Gasteiger partial charge < -0.3 is 15.4 Å². The van der Waals surface area contributed by atoms with E-state index in [1.807, 2.05) is 17.0 Å². The smallest absolute Gasteiger partial charge is 0.226 e. The van der Waals surface area contributed by atoms with Crippen LogP contribution in [0.3, 0.4) is 0 Å². The molecule has 0 spiro atoms. The molecule has 0 fully saturated rings. The minimum Gasteiger partial charge on any atom is -0.493 e. The summed E-state index contributed by atoms with van der Waals surface area (Å²) in [7, 11) is 0. The maximum Gasteiger partial charge on any atom is 0.226 e. The second-order valence-electron chi connectivity index (χ2n) is 5.10. The number of hydrogen-bond acceptors (Lipinski definition) is 4. The summed E-state index contributed by atoms with van der Waals surface area (Å²) in [6, 6.07) is 9.33. The Balaban J connectivity index is 1.48. The minimum absolute atomic E-state index is 0.155. The largest absolute Gasteiger partial charge is 0.493 e. The number of anilines is 1. The first-order valence-electron chi connectivity index (χ1n) is 7.04. The molecule has 21 heavy (non-hydrogen) atoms. The van der Waals surface area contributed by atoms with Crippen LogP contribution in [0.1, 0.15) is 16.9 Å². The van der Waals surface area contributed by atoms with Crippen LogP contribution in [0.5, 0.6) is 5.75 Å². The monoisotopic (exact) mass is 302 g/mol. The number of nitrogens with two attached hydrogens (primary N) is 1. The van der Waals surface area contributed by atoms with E-state index in [4.69, 9.17) is 10.5 Å². The SMILES string of the molecule is Nc1ccc(OCCC(=O)N2CCc3sccc3C2)cc1. The summed E-state index contributed by atoms with van der Waals surface area (Å²) in [5.41, 5.74) is 7.61. The lowest BCUT2D eigenvalue weighted by Crippen LogP contribution is -2.36. The molecule has 1 amide bonds. The average molecular weight is 302 g/mol. The maximum atomic E-state index is 12.2. The molecular formula is C16H18N2O2S. The summed E-state index contributed by atoms with van der Waals surface area (Å²) in [4.78, 5) is 15.5. The Morgan fingerprint density at radius 2 is 2.10 bits per heavy atom. The van der Waals surface area contributed by atoms with Crippen molar-refractivity contribution in [3.05, 3.63) is 46.2 Å². The molecule has 2 N–H and O–H groups in total. The molecular weight excluding hydrogens is 284 g/mol. The van der Waals surface area contributed by atoms with Crippen LogP contribution in [0.4, 0.5) is 5.69 Å². The van der Waals surface area contributed by atoms with Crippen LogP contribution in [0.25, 0.3) is 0 Å². The molecule has 0 unspecified atom stereocenters. The van der Waals surface area contributed by atoms with Crippen LogP contribution < -0.4 is 10.5 Å². The number of thiophene rings is 1. The predicted molar refractivity (Wildman–Crippen MR) is 84.4 cm³/mol. The van der Waals surface area contributed by atoms with Crippen molar-refractivity contribution in [3.8, 4) is 5.75 Å². The van der Waals surface area contributed by atoms with Crippen LogP contribution in [-0.4, -0.2) is 24.0 Å². The normalized spacial score (nSPS) is 13.8. The van der Waals surface area contributed by atoms with Crippen molar-refractivity contribution in [2.75, 3.05) is 18.9 Å². The van der Waals surface area contributed by atoms with E-state index < -0.39 is 0 Å². The summed E-state index contributed by atoms with van der Waals surface area (Å²) in [5.74, 6) is 0.901. The zero-order chi connectivity index (χ0) is 14.7. The van der Waals surface area contributed by atoms with E-state index in [0.29, 0.717) is 18.7 Å². The van der Waals surface area contributed by atoms with Gasteiger partial charge in [0, 0.05) is 23.7 Å². The van der Waals surface area contributed by atoms with Crippen LogP contribution in [0.2, 0.25) is 0 Å². The number of ether oxygens (including phenoxy) is 1. The number of fused-ring (bicyclic) bond motifs is 1. The number of nitrogen functional groups attached to an aromatic ring is 1. The van der Waals surface area contributed by atoms with E-state index >= 15 is 0 Å². The second kappa shape index (κ2) is 6.18. The van der Waals surface area contributed by atoms with Gasteiger partial charge in [-0.15, -0.1) is 11.3 Å². The Morgan fingerprint density at radius 1 is 1.29 bits per heavy atom. The fraction of sp³-hybridized carbons (Fsp3) is 0.312. The lowest BCUT2D eigenvalue weighted by Gasteiger charge is -2.27. The van der Waals surface area contributed by atoms with Crippen molar-refractivity contribution in [1.82, 2.24) is 4.90 Å². The van der Waals surface area contributed by atoms with Gasteiger partial charge in [-0.1, -0.05) is 0 Å². The first-order chi connectivity index (χ1) is 10.2. The van der Waals surface area contributed by atoms with Crippen LogP contribution >= 0.6 is 11.3 Å². The highest BCUT2D eigenvalue weighted by Crippen LogP contribution is 2.24. The number of carbonyl (C=O) groups excluding carboxylic acids is 1. The van der Waals surface area contributed by atoms with E-state index in [1.54, 1.807) is 23.5 Å². The molecule has 0 saturated heterocycles. The van der Waals surface area contributed by atoms with Gasteiger partial charge >= 0.3 is 0 Å². The van der Waals surface area contributed by atoms with Crippen molar-refractivity contribution in [2.45, 2.75) is 19.4 Å². The number of carbonyl (C=O) groups is 1. The first-order valence-corrected chi connectivity index (χ1v) is 7.92. The fourth-order valence-corrected chi connectivity index (χ4v) is 3.33. The second-order valence-corrected chi connectivity index (χ2v) is 6.10. The van der Waals surface area contributed by atoms with Crippen LogP contribution in [-0.2, 0) is 17.8 Å². The molecule has 110 valence electrons. The quantitative estimate of drug-likeness (QED) is 0.884. The predicted octanol–water partition coefficient (Wildman–Crippen LogP) is 2.68. The third kappa shape index (κ3) is 3.36. The molecule has 0 aliphatic carbocycles. The molecule has 2 heterocycles. The van der Waals surface area contributed by atoms with Crippen molar-refractivity contribution in [3.63, 3.8) is 0 Å². The standard InChI is InChI=1S/C16H18N2O2S/c17-13-1-3-14(4-2-13)20-9-6-16(19)18-8-5-15-12(11-18)7-10-21-15/h1-4,7,10H,5-6,8-9,11,17H2. The highest BCUT2D eigenvalue weighted by Gasteiger charge is 2.21. The lowest BCUT2D eigenvalue weighted by molar-refractivity contribution is -0.132. The van der Waals surface area contributed by atoms with Crippen molar-refractivity contribution in [1.29, 1.82) is 0 Å². The summed E-state index contributed by atoms with van der Waals surface area (Å²) in [5, 5.41) is 2.10. The van der Waals surface area contributed by atoms with Crippen molar-refractivity contribution in [2.24, 2.45) is 0 Å². The highest BCUT2D eigenvalue weighted by atomic mass is 32.1. The summed E-state index contributed by atoms with van der Waals surface area (Å²) in [6.07, 6.45) is 1.38. The molecule has 1 aliphatic heterocycles. The van der Waals surface area contributed by atoms with Crippen molar-refractivity contribution < 1.29 is 9.53 Å². The third-order valence-electron chi connectivity index (χ3n) is 3.63. The topological polar surface area (TPSA) is 55.6 Å². The Hall–Kier alpha value is -2.01. The number of hydrogen-bond donors (Lipinski definition) is 1. The Labute approximate surface area is 128 Å². The van der Waals surface area contributed by atoms with Gasteiger partial charge in [-0.05, 0) is 47.7 Å². The van der Waals surface area contributed by atoms with Gasteiger partial charge in [0.15, 0.2) is 0 Å². The van der Waals surface area contributed by atoms with Gasteiger partial charge in [-0.25, -0.2) is 0 Å². The number of rotatable bonds is 4. The Morgan fingerprint density at radius 3 is 2.90 bits per heavy atom. The van der Waals surface area contributed by atoms with Gasteiger partial charge in [0.2, 0.25) is 5.91 Å². The van der Waals surface area contributed by atoms with E-state index in [0.717, 1.165) is 25.3 Å². The zero-order valence-corrected chi connectivity index (χ0v) is 12.6.